The molecule has 2 aromatic heterocycles. The summed E-state index contributed by atoms with van der Waals surface area (Å²) in [6.45, 7) is 7.88. The molecule has 0 saturated carbocycles. The van der Waals surface area contributed by atoms with E-state index >= 15 is 0 Å². The van der Waals surface area contributed by atoms with Crippen molar-refractivity contribution < 1.29 is 4.79 Å². The summed E-state index contributed by atoms with van der Waals surface area (Å²) in [5, 5.41) is 7.64. The number of amides is 1. The number of carbonyl (C=O) groups excluding carboxylic acids is 1. The molecular formula is C20H21N5O. The van der Waals surface area contributed by atoms with Crippen LogP contribution >= 0.6 is 0 Å². The molecule has 0 spiro atoms. The lowest BCUT2D eigenvalue weighted by molar-refractivity contribution is -0.116. The highest BCUT2D eigenvalue weighted by Crippen LogP contribution is 2.40. The second-order valence-electron chi connectivity index (χ2n) is 6.93. The summed E-state index contributed by atoms with van der Waals surface area (Å²) in [7, 11) is 0. The zero-order chi connectivity index (χ0) is 18.4. The lowest BCUT2D eigenvalue weighted by Gasteiger charge is -2.24. The maximum atomic E-state index is 12.4. The fourth-order valence-electron chi connectivity index (χ4n) is 3.67. The van der Waals surface area contributed by atoms with Gasteiger partial charge in [-0.2, -0.15) is 9.78 Å². The molecule has 1 aromatic carbocycles. The van der Waals surface area contributed by atoms with Crippen LogP contribution in [0.1, 0.15) is 46.1 Å². The first-order valence-corrected chi connectivity index (χ1v) is 8.71. The summed E-state index contributed by atoms with van der Waals surface area (Å²) in [5.41, 5.74) is 5.97. The Labute approximate surface area is 152 Å². The molecule has 1 atom stereocenters. The summed E-state index contributed by atoms with van der Waals surface area (Å²) in [6.07, 6.45) is 0.413. The topological polar surface area (TPSA) is 72.7 Å². The Bertz CT molecular complexity index is 1000. The molecule has 0 bridgehead atoms. The van der Waals surface area contributed by atoms with Gasteiger partial charge in [-0.05, 0) is 39.3 Å². The van der Waals surface area contributed by atoms with Crippen molar-refractivity contribution in [3.63, 3.8) is 0 Å². The quantitative estimate of drug-likeness (QED) is 0.771. The number of benzene rings is 1. The van der Waals surface area contributed by atoms with Crippen molar-refractivity contribution in [1.82, 2.24) is 19.7 Å². The Morgan fingerprint density at radius 3 is 2.50 bits per heavy atom. The number of fused-ring (bicyclic) bond motifs is 1. The molecule has 6 nitrogen and oxygen atoms in total. The molecule has 1 amide bonds. The van der Waals surface area contributed by atoms with Crippen LogP contribution in [-0.4, -0.2) is 25.7 Å². The first-order chi connectivity index (χ1) is 12.4. The molecule has 0 fully saturated rings. The van der Waals surface area contributed by atoms with Gasteiger partial charge >= 0.3 is 0 Å². The Morgan fingerprint density at radius 1 is 1.08 bits per heavy atom. The summed E-state index contributed by atoms with van der Waals surface area (Å²) >= 11 is 0. The minimum Gasteiger partial charge on any atom is -0.310 e. The fourth-order valence-corrected chi connectivity index (χ4v) is 3.67. The predicted octanol–water partition coefficient (Wildman–Crippen LogP) is 3.37. The van der Waals surface area contributed by atoms with Gasteiger partial charge in [0.2, 0.25) is 5.91 Å². The third kappa shape index (κ3) is 2.77. The number of hydrogen-bond acceptors (Lipinski definition) is 4. The van der Waals surface area contributed by atoms with Gasteiger partial charge in [0.15, 0.2) is 0 Å². The number of hydrogen-bond donors (Lipinski definition) is 1. The van der Waals surface area contributed by atoms with Crippen molar-refractivity contribution in [2.45, 2.75) is 40.0 Å². The molecule has 3 heterocycles. The molecule has 0 aliphatic carbocycles. The smallest absolute Gasteiger partial charge is 0.252 e. The number of nitrogens with one attached hydrogen (secondary N) is 1. The van der Waals surface area contributed by atoms with E-state index in [1.165, 1.54) is 5.56 Å². The highest BCUT2D eigenvalue weighted by molar-refractivity contribution is 5.95. The average molecular weight is 347 g/mol. The van der Waals surface area contributed by atoms with Crippen LogP contribution in [0, 0.1) is 27.7 Å². The maximum Gasteiger partial charge on any atom is 0.252 e. The first-order valence-electron chi connectivity index (χ1n) is 8.71. The van der Waals surface area contributed by atoms with Gasteiger partial charge in [0.25, 0.3) is 5.95 Å². The Hall–Kier alpha value is -3.02. The van der Waals surface area contributed by atoms with E-state index in [1.54, 1.807) is 4.68 Å². The third-order valence-corrected chi connectivity index (χ3v) is 4.71. The van der Waals surface area contributed by atoms with Crippen LogP contribution in [0.2, 0.25) is 0 Å². The van der Waals surface area contributed by atoms with Gasteiger partial charge in [-0.3, -0.25) is 4.79 Å². The molecule has 1 aliphatic heterocycles. The van der Waals surface area contributed by atoms with E-state index < -0.39 is 0 Å². The molecule has 4 rings (SSSR count). The zero-order valence-corrected chi connectivity index (χ0v) is 15.4. The number of rotatable bonds is 2. The predicted molar refractivity (Wildman–Crippen MR) is 99.6 cm³/mol. The third-order valence-electron chi connectivity index (χ3n) is 4.71. The summed E-state index contributed by atoms with van der Waals surface area (Å²) in [4.78, 5) is 21.4. The number of anilines is 1. The van der Waals surface area contributed by atoms with Crippen LogP contribution in [0.4, 0.5) is 5.82 Å². The number of aromatic nitrogens is 4. The van der Waals surface area contributed by atoms with Crippen LogP contribution < -0.4 is 5.32 Å². The monoisotopic (exact) mass is 347 g/mol. The minimum atomic E-state index is -0.0190. The summed E-state index contributed by atoms with van der Waals surface area (Å²) in [6, 6.07) is 10.2. The number of nitrogens with zero attached hydrogens (tertiary/aromatic N) is 4. The van der Waals surface area contributed by atoms with Crippen LogP contribution in [0.25, 0.3) is 5.95 Å². The second-order valence-corrected chi connectivity index (χ2v) is 6.93. The van der Waals surface area contributed by atoms with Gasteiger partial charge in [0.05, 0.1) is 5.69 Å². The first kappa shape index (κ1) is 16.4. The van der Waals surface area contributed by atoms with Crippen LogP contribution in [0.15, 0.2) is 30.3 Å². The summed E-state index contributed by atoms with van der Waals surface area (Å²) in [5.74, 6) is 1.13. The molecule has 1 aliphatic rings. The zero-order valence-electron chi connectivity index (χ0n) is 15.4. The van der Waals surface area contributed by atoms with Crippen molar-refractivity contribution in [2.75, 3.05) is 5.32 Å². The number of carbonyl (C=O) groups is 1. The minimum absolute atomic E-state index is 0.0155. The van der Waals surface area contributed by atoms with Crippen molar-refractivity contribution in [2.24, 2.45) is 0 Å². The van der Waals surface area contributed by atoms with Gasteiger partial charge in [0, 0.05) is 29.3 Å². The molecule has 0 radical (unpaired) electrons. The van der Waals surface area contributed by atoms with Crippen molar-refractivity contribution >= 4 is 11.7 Å². The van der Waals surface area contributed by atoms with E-state index in [9.17, 15) is 4.79 Å². The summed E-state index contributed by atoms with van der Waals surface area (Å²) < 4.78 is 1.66. The molecule has 3 aromatic rings. The molecule has 1 N–H and O–H groups in total. The van der Waals surface area contributed by atoms with Gasteiger partial charge in [-0.25, -0.2) is 9.97 Å². The van der Waals surface area contributed by atoms with Gasteiger partial charge in [0.1, 0.15) is 5.82 Å². The van der Waals surface area contributed by atoms with E-state index in [-0.39, 0.29) is 11.8 Å². The Morgan fingerprint density at radius 2 is 1.81 bits per heavy atom. The molecule has 132 valence electrons. The van der Waals surface area contributed by atoms with E-state index in [4.69, 9.17) is 0 Å². The standard InChI is InChI=1S/C20H21N5O/c1-11-6-5-7-15(8-11)16-10-17(26)23-19-18(16)14(4)24-25(19)20-21-12(2)9-13(3)22-20/h5-9,16H,10H2,1-4H3,(H,23,26)/t16-/m1/s1. The SMILES string of the molecule is Cc1cccc([C@H]2CC(=O)Nc3c2c(C)nn3-c2nc(C)cc(C)n2)c1. The van der Waals surface area contributed by atoms with Gasteiger partial charge < -0.3 is 5.32 Å². The van der Waals surface area contributed by atoms with Crippen molar-refractivity contribution in [3.05, 3.63) is 64.1 Å². The number of aryl methyl sites for hydroxylation is 4. The molecule has 26 heavy (non-hydrogen) atoms. The lowest BCUT2D eigenvalue weighted by atomic mass is 9.85. The molecule has 6 heteroatoms. The fraction of sp³-hybridized carbons (Fsp3) is 0.300. The molecule has 0 unspecified atom stereocenters. The van der Waals surface area contributed by atoms with E-state index in [0.29, 0.717) is 18.2 Å². The van der Waals surface area contributed by atoms with Crippen molar-refractivity contribution in [3.8, 4) is 5.95 Å². The second kappa shape index (κ2) is 6.05. The highest BCUT2D eigenvalue weighted by Gasteiger charge is 2.33. The van der Waals surface area contributed by atoms with Crippen LogP contribution in [0.3, 0.4) is 0 Å². The van der Waals surface area contributed by atoms with Crippen molar-refractivity contribution in [1.29, 1.82) is 0 Å². The van der Waals surface area contributed by atoms with Crippen LogP contribution in [0.5, 0.6) is 0 Å². The largest absolute Gasteiger partial charge is 0.310 e. The molecule has 0 saturated heterocycles. The Balaban J connectivity index is 1.90. The highest BCUT2D eigenvalue weighted by atomic mass is 16.1. The van der Waals surface area contributed by atoms with Gasteiger partial charge in [-0.15, -0.1) is 0 Å². The van der Waals surface area contributed by atoms with Crippen LogP contribution in [-0.2, 0) is 4.79 Å². The van der Waals surface area contributed by atoms with Gasteiger partial charge in [-0.1, -0.05) is 29.8 Å². The maximum absolute atomic E-state index is 12.4. The van der Waals surface area contributed by atoms with E-state index in [1.807, 2.05) is 32.9 Å². The Kier molecular flexibility index (Phi) is 3.83. The van der Waals surface area contributed by atoms with E-state index in [0.717, 1.165) is 28.2 Å². The normalized spacial score (nSPS) is 16.3. The molecular weight excluding hydrogens is 326 g/mol. The van der Waals surface area contributed by atoms with E-state index in [2.05, 4.69) is 45.5 Å². The lowest BCUT2D eigenvalue weighted by Crippen LogP contribution is -2.25. The average Bonchev–Trinajstić information content (AvgIpc) is 2.90.